The summed E-state index contributed by atoms with van der Waals surface area (Å²) in [5.41, 5.74) is 2.26. The molecule has 1 aromatic heterocycles. The fourth-order valence-corrected chi connectivity index (χ4v) is 3.97. The first-order valence-corrected chi connectivity index (χ1v) is 9.07. The maximum Gasteiger partial charge on any atom is 0.111 e. The van der Waals surface area contributed by atoms with Gasteiger partial charge in [-0.2, -0.15) is 0 Å². The minimum absolute atomic E-state index is 0.222. The van der Waals surface area contributed by atoms with Crippen molar-refractivity contribution in [3.05, 3.63) is 47.8 Å². The average molecular weight is 342 g/mol. The number of nitrogens with zero attached hydrogens (tertiary/aromatic N) is 4. The van der Waals surface area contributed by atoms with Crippen LogP contribution >= 0.6 is 0 Å². The Morgan fingerprint density at radius 1 is 1.32 bits per heavy atom. The van der Waals surface area contributed by atoms with Gasteiger partial charge in [-0.05, 0) is 25.3 Å². The van der Waals surface area contributed by atoms with Gasteiger partial charge < -0.3 is 9.84 Å². The van der Waals surface area contributed by atoms with E-state index in [1.54, 1.807) is 6.92 Å². The monoisotopic (exact) mass is 342 g/mol. The molecule has 0 saturated carbocycles. The summed E-state index contributed by atoms with van der Waals surface area (Å²) in [6.07, 6.45) is 3.50. The quantitative estimate of drug-likeness (QED) is 0.868. The molecule has 0 bridgehead atoms. The second-order valence-corrected chi connectivity index (χ2v) is 7.61. The Balaban J connectivity index is 1.36. The van der Waals surface area contributed by atoms with Crippen LogP contribution in [0.25, 0.3) is 0 Å². The van der Waals surface area contributed by atoms with Gasteiger partial charge >= 0.3 is 0 Å². The molecule has 0 amide bonds. The summed E-state index contributed by atoms with van der Waals surface area (Å²) < 4.78 is 7.66. The number of aromatic nitrogens is 3. The summed E-state index contributed by atoms with van der Waals surface area (Å²) >= 11 is 0. The van der Waals surface area contributed by atoms with Crippen molar-refractivity contribution in [2.75, 3.05) is 32.8 Å². The lowest BCUT2D eigenvalue weighted by atomic mass is 9.79. The Morgan fingerprint density at radius 3 is 2.76 bits per heavy atom. The molecule has 0 aliphatic carbocycles. The number of aliphatic hydroxyl groups is 1. The van der Waals surface area contributed by atoms with Crippen LogP contribution in [-0.2, 0) is 11.2 Å². The summed E-state index contributed by atoms with van der Waals surface area (Å²) in [4.78, 5) is 2.49. The van der Waals surface area contributed by atoms with Gasteiger partial charge in [-0.1, -0.05) is 35.5 Å². The molecule has 2 aliphatic rings. The van der Waals surface area contributed by atoms with E-state index >= 15 is 0 Å². The van der Waals surface area contributed by atoms with Crippen LogP contribution in [0.1, 0.15) is 36.7 Å². The van der Waals surface area contributed by atoms with Crippen LogP contribution in [0.2, 0.25) is 0 Å². The fourth-order valence-electron chi connectivity index (χ4n) is 3.97. The van der Waals surface area contributed by atoms with Gasteiger partial charge in [0.1, 0.15) is 5.69 Å². The minimum Gasteiger partial charge on any atom is -0.387 e. The van der Waals surface area contributed by atoms with Crippen molar-refractivity contribution in [1.29, 1.82) is 0 Å². The van der Waals surface area contributed by atoms with Crippen molar-refractivity contribution in [3.63, 3.8) is 0 Å². The zero-order chi connectivity index (χ0) is 17.3. The van der Waals surface area contributed by atoms with Gasteiger partial charge in [-0.25, -0.2) is 4.68 Å². The highest BCUT2D eigenvalue weighted by Crippen LogP contribution is 2.36. The molecule has 1 aromatic carbocycles. The van der Waals surface area contributed by atoms with Gasteiger partial charge in [-0.3, -0.25) is 4.90 Å². The molecule has 2 saturated heterocycles. The van der Waals surface area contributed by atoms with Crippen LogP contribution in [0, 0.1) is 5.41 Å². The molecule has 0 radical (unpaired) electrons. The third kappa shape index (κ3) is 3.61. The summed E-state index contributed by atoms with van der Waals surface area (Å²) in [6.45, 7) is 6.47. The van der Waals surface area contributed by atoms with Gasteiger partial charge in [0.25, 0.3) is 0 Å². The third-order valence-corrected chi connectivity index (χ3v) is 5.43. The molecule has 2 aromatic rings. The summed E-state index contributed by atoms with van der Waals surface area (Å²) in [6, 6.07) is 11.1. The van der Waals surface area contributed by atoms with Crippen molar-refractivity contribution >= 4 is 0 Å². The van der Waals surface area contributed by atoms with Crippen molar-refractivity contribution in [2.45, 2.75) is 31.9 Å². The smallest absolute Gasteiger partial charge is 0.111 e. The molecule has 2 unspecified atom stereocenters. The van der Waals surface area contributed by atoms with E-state index in [-0.39, 0.29) is 5.41 Å². The standard InChI is InChI=1S/C19H26N4O2/c1-15(24)18-12-23(21-20-18)17-10-22(11-17)13-19(7-8-25-14-19)9-16-5-3-2-4-6-16/h2-6,12,15,17,24H,7-11,13-14H2,1H3. The zero-order valence-corrected chi connectivity index (χ0v) is 14.7. The first kappa shape index (κ1) is 16.7. The number of rotatable bonds is 6. The largest absolute Gasteiger partial charge is 0.387 e. The molecule has 3 heterocycles. The minimum atomic E-state index is -0.560. The van der Waals surface area contributed by atoms with E-state index in [0.717, 1.165) is 45.7 Å². The number of likely N-dealkylation sites (tertiary alicyclic amines) is 1. The predicted octanol–water partition coefficient (Wildman–Crippen LogP) is 1.84. The van der Waals surface area contributed by atoms with Crippen LogP contribution in [-0.4, -0.2) is 57.8 Å². The number of ether oxygens (including phenoxy) is 1. The normalized spacial score (nSPS) is 25.8. The Kier molecular flexibility index (Phi) is 4.58. The molecule has 2 atom stereocenters. The van der Waals surface area contributed by atoms with Gasteiger partial charge in [-0.15, -0.1) is 5.10 Å². The molecule has 134 valence electrons. The van der Waals surface area contributed by atoms with E-state index in [9.17, 15) is 5.11 Å². The lowest BCUT2D eigenvalue weighted by Gasteiger charge is -2.44. The van der Waals surface area contributed by atoms with Gasteiger partial charge in [0.15, 0.2) is 0 Å². The number of hydrogen-bond acceptors (Lipinski definition) is 5. The van der Waals surface area contributed by atoms with Crippen LogP contribution in [0.3, 0.4) is 0 Å². The first-order valence-electron chi connectivity index (χ1n) is 9.07. The Hall–Kier alpha value is -1.76. The van der Waals surface area contributed by atoms with Crippen molar-refractivity contribution < 1.29 is 9.84 Å². The molecule has 25 heavy (non-hydrogen) atoms. The second kappa shape index (κ2) is 6.86. The second-order valence-electron chi connectivity index (χ2n) is 7.61. The summed E-state index contributed by atoms with van der Waals surface area (Å²) in [5, 5.41) is 17.8. The van der Waals surface area contributed by atoms with Crippen LogP contribution in [0.5, 0.6) is 0 Å². The maximum atomic E-state index is 9.59. The van der Waals surface area contributed by atoms with E-state index in [1.807, 2.05) is 10.9 Å². The number of aliphatic hydroxyl groups excluding tert-OH is 1. The summed E-state index contributed by atoms with van der Waals surface area (Å²) in [7, 11) is 0. The van der Waals surface area contributed by atoms with E-state index in [4.69, 9.17) is 4.74 Å². The highest BCUT2D eigenvalue weighted by atomic mass is 16.5. The van der Waals surface area contributed by atoms with Gasteiger partial charge in [0.05, 0.1) is 24.9 Å². The maximum absolute atomic E-state index is 9.59. The lowest BCUT2D eigenvalue weighted by molar-refractivity contribution is 0.0378. The molecule has 2 fully saturated rings. The van der Waals surface area contributed by atoms with E-state index in [0.29, 0.717) is 11.7 Å². The van der Waals surface area contributed by atoms with Crippen LogP contribution < -0.4 is 0 Å². The predicted molar refractivity (Wildman–Crippen MR) is 94.1 cm³/mol. The highest BCUT2D eigenvalue weighted by Gasteiger charge is 2.40. The summed E-state index contributed by atoms with van der Waals surface area (Å²) in [5.74, 6) is 0. The molecular formula is C19H26N4O2. The molecule has 0 spiro atoms. The highest BCUT2D eigenvalue weighted by molar-refractivity contribution is 5.17. The number of benzene rings is 1. The Labute approximate surface area is 148 Å². The van der Waals surface area contributed by atoms with Crippen molar-refractivity contribution in [1.82, 2.24) is 19.9 Å². The molecule has 2 aliphatic heterocycles. The molecule has 6 nitrogen and oxygen atoms in total. The third-order valence-electron chi connectivity index (χ3n) is 5.43. The van der Waals surface area contributed by atoms with Crippen LogP contribution in [0.4, 0.5) is 0 Å². The lowest BCUT2D eigenvalue weighted by Crippen LogP contribution is -2.52. The molecular weight excluding hydrogens is 316 g/mol. The van der Waals surface area contributed by atoms with Crippen molar-refractivity contribution in [3.8, 4) is 0 Å². The Bertz CT molecular complexity index is 688. The van der Waals surface area contributed by atoms with Crippen molar-refractivity contribution in [2.24, 2.45) is 5.41 Å². The Morgan fingerprint density at radius 2 is 2.12 bits per heavy atom. The zero-order valence-electron chi connectivity index (χ0n) is 14.7. The van der Waals surface area contributed by atoms with Crippen LogP contribution in [0.15, 0.2) is 36.5 Å². The van der Waals surface area contributed by atoms with E-state index in [1.165, 1.54) is 5.56 Å². The molecule has 1 N–H and O–H groups in total. The average Bonchev–Trinajstić information content (AvgIpc) is 3.21. The van der Waals surface area contributed by atoms with E-state index in [2.05, 4.69) is 45.5 Å². The molecule has 4 rings (SSSR count). The van der Waals surface area contributed by atoms with E-state index < -0.39 is 6.10 Å². The first-order chi connectivity index (χ1) is 12.1. The SMILES string of the molecule is CC(O)c1cn(C2CN(CC3(Cc4ccccc4)CCOC3)C2)nn1. The molecule has 6 heteroatoms. The van der Waals surface area contributed by atoms with Gasteiger partial charge in [0.2, 0.25) is 0 Å². The fraction of sp³-hybridized carbons (Fsp3) is 0.579. The number of hydrogen-bond donors (Lipinski definition) is 1. The van der Waals surface area contributed by atoms with Gasteiger partial charge in [0, 0.05) is 31.7 Å². The topological polar surface area (TPSA) is 63.4 Å².